The van der Waals surface area contributed by atoms with Crippen molar-refractivity contribution >= 4 is 11.9 Å². The Morgan fingerprint density at radius 1 is 0.886 bits per heavy atom. The highest BCUT2D eigenvalue weighted by Gasteiger charge is 2.21. The van der Waals surface area contributed by atoms with Crippen LogP contribution in [0.15, 0.2) is 48.5 Å². The minimum atomic E-state index is -0.978. The fourth-order valence-electron chi connectivity index (χ4n) is 3.23. The van der Waals surface area contributed by atoms with Gasteiger partial charge in [0.25, 0.3) is 11.8 Å². The van der Waals surface area contributed by atoms with E-state index in [2.05, 4.69) is 4.98 Å². The second-order valence-corrected chi connectivity index (χ2v) is 7.67. The van der Waals surface area contributed by atoms with Gasteiger partial charge in [0, 0.05) is 18.4 Å². The summed E-state index contributed by atoms with van der Waals surface area (Å²) in [6.07, 6.45) is 0.790. The number of aromatic nitrogens is 1. The van der Waals surface area contributed by atoms with Crippen LogP contribution in [0.3, 0.4) is 0 Å². The van der Waals surface area contributed by atoms with Gasteiger partial charge in [-0.05, 0) is 62.1 Å². The molecule has 0 atom stereocenters. The van der Waals surface area contributed by atoms with E-state index in [-0.39, 0.29) is 42.3 Å². The average Bonchev–Trinajstić information content (AvgIpc) is 2.84. The zero-order valence-corrected chi connectivity index (χ0v) is 19.3. The van der Waals surface area contributed by atoms with E-state index in [1.165, 1.54) is 6.92 Å². The molecule has 184 valence electrons. The molecule has 9 heteroatoms. The van der Waals surface area contributed by atoms with Crippen molar-refractivity contribution in [2.75, 3.05) is 6.61 Å². The highest BCUT2D eigenvalue weighted by Crippen LogP contribution is 2.33. The van der Waals surface area contributed by atoms with E-state index >= 15 is 0 Å². The lowest BCUT2D eigenvalue weighted by atomic mass is 10.1. The quantitative estimate of drug-likeness (QED) is 0.345. The Kier molecular flexibility index (Phi) is 8.72. The van der Waals surface area contributed by atoms with E-state index in [1.807, 2.05) is 0 Å². The van der Waals surface area contributed by atoms with E-state index in [9.17, 15) is 18.4 Å². The fraction of sp³-hybridized carbons (Fsp3) is 0.269. The largest absolute Gasteiger partial charge is 0.481 e. The van der Waals surface area contributed by atoms with Crippen molar-refractivity contribution in [1.82, 2.24) is 4.98 Å². The van der Waals surface area contributed by atoms with Crippen molar-refractivity contribution in [3.63, 3.8) is 0 Å². The minimum Gasteiger partial charge on any atom is -0.481 e. The highest BCUT2D eigenvalue weighted by molar-refractivity contribution is 5.69. The van der Waals surface area contributed by atoms with Crippen LogP contribution in [0.2, 0.25) is 0 Å². The number of carbonyl (C=O) groups is 2. The molecule has 0 aliphatic rings. The number of aryl methyl sites for hydroxylation is 2. The van der Waals surface area contributed by atoms with Gasteiger partial charge < -0.3 is 19.3 Å². The van der Waals surface area contributed by atoms with E-state index in [4.69, 9.17) is 19.3 Å². The van der Waals surface area contributed by atoms with E-state index < -0.39 is 29.4 Å². The summed E-state index contributed by atoms with van der Waals surface area (Å²) in [6.45, 7) is 3.27. The maximum atomic E-state index is 14.7. The van der Waals surface area contributed by atoms with Crippen LogP contribution in [0.5, 0.6) is 23.3 Å². The fourth-order valence-corrected chi connectivity index (χ4v) is 3.23. The summed E-state index contributed by atoms with van der Waals surface area (Å²) in [5, 5.41) is 8.86. The van der Waals surface area contributed by atoms with Crippen molar-refractivity contribution in [2.24, 2.45) is 0 Å². The molecule has 0 radical (unpaired) electrons. The smallest absolute Gasteiger partial charge is 0.306 e. The number of carbonyl (C=O) groups excluding carboxylic acids is 1. The summed E-state index contributed by atoms with van der Waals surface area (Å²) >= 11 is 0. The lowest BCUT2D eigenvalue weighted by Gasteiger charge is -2.13. The number of benzene rings is 2. The first-order chi connectivity index (χ1) is 16.8. The molecular formula is C26H25F2NO6. The molecule has 0 saturated heterocycles. The molecule has 35 heavy (non-hydrogen) atoms. The molecule has 3 rings (SSSR count). The molecule has 7 nitrogen and oxygen atoms in total. The molecule has 0 bridgehead atoms. The predicted molar refractivity (Wildman–Crippen MR) is 123 cm³/mol. The number of esters is 1. The molecule has 0 amide bonds. The molecular weight excluding hydrogens is 460 g/mol. The monoisotopic (exact) mass is 485 g/mol. The van der Waals surface area contributed by atoms with Crippen LogP contribution in [0.1, 0.15) is 36.5 Å². The highest BCUT2D eigenvalue weighted by atomic mass is 19.1. The molecule has 0 spiro atoms. The first kappa shape index (κ1) is 25.6. The molecule has 0 fully saturated rings. The summed E-state index contributed by atoms with van der Waals surface area (Å²) < 4.78 is 45.5. The van der Waals surface area contributed by atoms with Crippen LogP contribution in [-0.4, -0.2) is 28.6 Å². The number of ether oxygens (including phenoxy) is 3. The zero-order valence-electron chi connectivity index (χ0n) is 19.3. The third kappa shape index (κ3) is 7.23. The van der Waals surface area contributed by atoms with Gasteiger partial charge >= 0.3 is 11.9 Å². The topological polar surface area (TPSA) is 95.0 Å². The summed E-state index contributed by atoms with van der Waals surface area (Å²) in [5.74, 6) is -3.69. The number of carboxylic acids is 1. The van der Waals surface area contributed by atoms with Crippen molar-refractivity contribution in [3.05, 3.63) is 76.9 Å². The second kappa shape index (κ2) is 11.9. The van der Waals surface area contributed by atoms with Crippen molar-refractivity contribution in [1.29, 1.82) is 0 Å². The lowest BCUT2D eigenvalue weighted by Crippen LogP contribution is -2.05. The predicted octanol–water partition coefficient (Wildman–Crippen LogP) is 5.77. The van der Waals surface area contributed by atoms with Crippen molar-refractivity contribution in [3.8, 4) is 23.3 Å². The van der Waals surface area contributed by atoms with Crippen molar-refractivity contribution in [2.45, 2.75) is 39.5 Å². The van der Waals surface area contributed by atoms with Gasteiger partial charge in [-0.1, -0.05) is 24.3 Å². The lowest BCUT2D eigenvalue weighted by molar-refractivity contribution is -0.143. The summed E-state index contributed by atoms with van der Waals surface area (Å²) in [4.78, 5) is 26.3. The molecule has 0 saturated carbocycles. The van der Waals surface area contributed by atoms with Gasteiger partial charge in [0.15, 0.2) is 11.6 Å². The van der Waals surface area contributed by atoms with Gasteiger partial charge in [-0.15, -0.1) is 0 Å². The Bertz CT molecular complexity index is 1210. The van der Waals surface area contributed by atoms with Crippen LogP contribution in [0, 0.1) is 18.6 Å². The standard InChI is InChI=1S/C26H25F2NO6/c1-3-33-22(32)13-11-18-7-5-9-20(15-18)35-26-24(28)16(2)23(27)25(29-26)34-19-8-4-6-17(14-19)10-12-21(30)31/h4-9,14-15H,3,10-13H2,1-2H3,(H,30,31). The molecule has 1 heterocycles. The van der Waals surface area contributed by atoms with Gasteiger partial charge in [-0.3, -0.25) is 9.59 Å². The molecule has 0 unspecified atom stereocenters. The number of rotatable bonds is 11. The number of carboxylic acid groups (broad SMARTS) is 1. The summed E-state index contributed by atoms with van der Waals surface area (Å²) in [7, 11) is 0. The number of pyridine rings is 1. The van der Waals surface area contributed by atoms with Crippen LogP contribution in [-0.2, 0) is 27.2 Å². The normalized spacial score (nSPS) is 10.6. The molecule has 0 aliphatic carbocycles. The number of hydrogen-bond donors (Lipinski definition) is 1. The van der Waals surface area contributed by atoms with Crippen LogP contribution < -0.4 is 9.47 Å². The Morgan fingerprint density at radius 2 is 1.40 bits per heavy atom. The number of hydrogen-bond acceptors (Lipinski definition) is 6. The third-order valence-corrected chi connectivity index (χ3v) is 5.01. The first-order valence-electron chi connectivity index (χ1n) is 11.0. The third-order valence-electron chi connectivity index (χ3n) is 5.01. The van der Waals surface area contributed by atoms with E-state index in [0.29, 0.717) is 18.6 Å². The van der Waals surface area contributed by atoms with E-state index in [0.717, 1.165) is 5.56 Å². The number of aliphatic carboxylic acids is 1. The maximum absolute atomic E-state index is 14.7. The molecule has 2 aromatic carbocycles. The first-order valence-corrected chi connectivity index (χ1v) is 11.0. The second-order valence-electron chi connectivity index (χ2n) is 7.67. The van der Waals surface area contributed by atoms with Gasteiger partial charge in [0.2, 0.25) is 0 Å². The van der Waals surface area contributed by atoms with Gasteiger partial charge in [-0.2, -0.15) is 4.98 Å². The molecule has 1 N–H and O–H groups in total. The SMILES string of the molecule is CCOC(=O)CCc1cccc(Oc2nc(Oc3cccc(CCC(=O)O)c3)c(F)c(C)c2F)c1. The Hall–Kier alpha value is -4.01. The van der Waals surface area contributed by atoms with Crippen molar-refractivity contribution < 1.29 is 37.7 Å². The zero-order chi connectivity index (χ0) is 25.4. The molecule has 0 aliphatic heterocycles. The average molecular weight is 485 g/mol. The number of nitrogens with zero attached hydrogens (tertiary/aromatic N) is 1. The van der Waals surface area contributed by atoms with Gasteiger partial charge in [-0.25, -0.2) is 8.78 Å². The Balaban J connectivity index is 1.80. The molecule has 3 aromatic rings. The molecule has 1 aromatic heterocycles. The number of halogens is 2. The van der Waals surface area contributed by atoms with Crippen LogP contribution >= 0.6 is 0 Å². The Labute approximate surface area is 201 Å². The van der Waals surface area contributed by atoms with E-state index in [1.54, 1.807) is 55.5 Å². The minimum absolute atomic E-state index is 0.0669. The Morgan fingerprint density at radius 3 is 1.89 bits per heavy atom. The van der Waals surface area contributed by atoms with Crippen LogP contribution in [0.4, 0.5) is 8.78 Å². The maximum Gasteiger partial charge on any atom is 0.306 e. The van der Waals surface area contributed by atoms with Gasteiger partial charge in [0.05, 0.1) is 6.61 Å². The summed E-state index contributed by atoms with van der Waals surface area (Å²) in [6, 6.07) is 13.2. The summed E-state index contributed by atoms with van der Waals surface area (Å²) in [5.41, 5.74) is 1.12. The van der Waals surface area contributed by atoms with Gasteiger partial charge in [0.1, 0.15) is 11.5 Å². The van der Waals surface area contributed by atoms with Crippen LogP contribution in [0.25, 0.3) is 0 Å².